The number of nitrogens with zero attached hydrogens (tertiary/aromatic N) is 1. The van der Waals surface area contributed by atoms with Crippen molar-refractivity contribution in [2.45, 2.75) is 50.5 Å². The van der Waals surface area contributed by atoms with Crippen molar-refractivity contribution in [2.75, 3.05) is 13.1 Å². The number of carboxylic acids is 1. The molecule has 24 heavy (non-hydrogen) atoms. The number of hydrogen-bond donors (Lipinski definition) is 3. The number of carbonyl (C=O) groups excluding carboxylic acids is 3. The van der Waals surface area contributed by atoms with Crippen LogP contribution in [0.3, 0.4) is 0 Å². The number of aliphatic carboxylic acids is 1. The molecular formula is C16H25N3O5. The van der Waals surface area contributed by atoms with Crippen molar-refractivity contribution < 1.29 is 24.3 Å². The van der Waals surface area contributed by atoms with E-state index >= 15 is 0 Å². The number of amides is 2. The third kappa shape index (κ3) is 5.24. The number of hydrogen-bond acceptors (Lipinski definition) is 6. The normalized spacial score (nSPS) is 16.5. The van der Waals surface area contributed by atoms with E-state index in [2.05, 4.69) is 0 Å². The molecule has 0 bridgehead atoms. The SMILES string of the molecule is NCCCC[C@](N)(C(=O)O)C(=O)CCCCCN1C(=O)C=CC1=O. The molecule has 1 atom stereocenters. The second-order valence-electron chi connectivity index (χ2n) is 5.92. The number of carboxylic acid groups (broad SMARTS) is 1. The van der Waals surface area contributed by atoms with Gasteiger partial charge < -0.3 is 16.6 Å². The zero-order chi connectivity index (χ0) is 18.2. The van der Waals surface area contributed by atoms with Crippen molar-refractivity contribution in [3.63, 3.8) is 0 Å². The maximum Gasteiger partial charge on any atom is 0.331 e. The minimum atomic E-state index is -1.86. The predicted molar refractivity (Wildman–Crippen MR) is 86.8 cm³/mol. The van der Waals surface area contributed by atoms with Crippen LogP contribution < -0.4 is 11.5 Å². The first-order valence-corrected chi connectivity index (χ1v) is 8.12. The van der Waals surface area contributed by atoms with E-state index in [0.717, 1.165) is 4.90 Å². The summed E-state index contributed by atoms with van der Waals surface area (Å²) in [6.45, 7) is 0.717. The summed E-state index contributed by atoms with van der Waals surface area (Å²) >= 11 is 0. The Morgan fingerprint density at radius 3 is 2.21 bits per heavy atom. The topological polar surface area (TPSA) is 144 Å². The van der Waals surface area contributed by atoms with Crippen LogP contribution in [0.1, 0.15) is 44.9 Å². The van der Waals surface area contributed by atoms with Crippen molar-refractivity contribution in [1.82, 2.24) is 4.90 Å². The molecule has 134 valence electrons. The summed E-state index contributed by atoms with van der Waals surface area (Å²) in [4.78, 5) is 47.3. The summed E-state index contributed by atoms with van der Waals surface area (Å²) in [6.07, 6.45) is 5.30. The Hall–Kier alpha value is -2.06. The quantitative estimate of drug-likeness (QED) is 0.257. The van der Waals surface area contributed by atoms with Gasteiger partial charge in [-0.2, -0.15) is 0 Å². The van der Waals surface area contributed by atoms with Crippen molar-refractivity contribution in [1.29, 1.82) is 0 Å². The lowest BCUT2D eigenvalue weighted by atomic mass is 9.86. The molecule has 1 heterocycles. The van der Waals surface area contributed by atoms with Gasteiger partial charge in [0.05, 0.1) is 0 Å². The van der Waals surface area contributed by atoms with E-state index in [4.69, 9.17) is 11.5 Å². The smallest absolute Gasteiger partial charge is 0.331 e. The lowest BCUT2D eigenvalue weighted by Gasteiger charge is -2.23. The van der Waals surface area contributed by atoms with E-state index in [0.29, 0.717) is 45.2 Å². The molecule has 0 aromatic rings. The molecule has 0 fully saturated rings. The van der Waals surface area contributed by atoms with Gasteiger partial charge in [-0.25, -0.2) is 4.79 Å². The Balaban J connectivity index is 2.34. The van der Waals surface area contributed by atoms with Crippen LogP contribution in [-0.2, 0) is 19.2 Å². The van der Waals surface area contributed by atoms with Gasteiger partial charge in [-0.05, 0) is 38.6 Å². The monoisotopic (exact) mass is 339 g/mol. The molecule has 1 aliphatic rings. The largest absolute Gasteiger partial charge is 0.480 e. The van der Waals surface area contributed by atoms with E-state index in [1.54, 1.807) is 0 Å². The molecule has 1 rings (SSSR count). The number of rotatable bonds is 12. The average Bonchev–Trinajstić information content (AvgIpc) is 2.85. The molecule has 0 aromatic heterocycles. The highest BCUT2D eigenvalue weighted by atomic mass is 16.4. The molecule has 8 heteroatoms. The molecule has 0 aromatic carbocycles. The molecule has 0 unspecified atom stereocenters. The third-order valence-electron chi connectivity index (χ3n) is 4.09. The first kappa shape index (κ1) is 20.0. The molecule has 8 nitrogen and oxygen atoms in total. The van der Waals surface area contributed by atoms with Crippen LogP contribution in [0.15, 0.2) is 12.2 Å². The van der Waals surface area contributed by atoms with Crippen molar-refractivity contribution >= 4 is 23.6 Å². The summed E-state index contributed by atoms with van der Waals surface area (Å²) < 4.78 is 0. The van der Waals surface area contributed by atoms with Crippen LogP contribution in [0, 0.1) is 0 Å². The van der Waals surface area contributed by atoms with E-state index in [1.165, 1.54) is 12.2 Å². The van der Waals surface area contributed by atoms with E-state index < -0.39 is 17.3 Å². The number of ketones is 1. The highest BCUT2D eigenvalue weighted by molar-refractivity contribution is 6.12. The second kappa shape index (κ2) is 9.29. The average molecular weight is 339 g/mol. The molecule has 0 saturated heterocycles. The Morgan fingerprint density at radius 1 is 1.04 bits per heavy atom. The van der Waals surface area contributed by atoms with Gasteiger partial charge in [0.15, 0.2) is 11.3 Å². The van der Waals surface area contributed by atoms with Gasteiger partial charge in [0.2, 0.25) is 0 Å². The zero-order valence-corrected chi connectivity index (χ0v) is 13.7. The number of nitrogens with two attached hydrogens (primary N) is 2. The summed E-state index contributed by atoms with van der Waals surface area (Å²) in [5.41, 5.74) is 9.28. The van der Waals surface area contributed by atoms with Gasteiger partial charge >= 0.3 is 5.97 Å². The highest BCUT2D eigenvalue weighted by Gasteiger charge is 2.40. The third-order valence-corrected chi connectivity index (χ3v) is 4.09. The van der Waals surface area contributed by atoms with Crippen molar-refractivity contribution in [3.05, 3.63) is 12.2 Å². The fourth-order valence-corrected chi connectivity index (χ4v) is 2.52. The lowest BCUT2D eigenvalue weighted by molar-refractivity contribution is -0.149. The maximum atomic E-state index is 12.2. The molecule has 5 N–H and O–H groups in total. The summed E-state index contributed by atoms with van der Waals surface area (Å²) in [5, 5.41) is 9.24. The minimum absolute atomic E-state index is 0.0611. The van der Waals surface area contributed by atoms with E-state index in [9.17, 15) is 24.3 Å². The molecule has 2 amide bonds. The van der Waals surface area contributed by atoms with Crippen LogP contribution in [0.2, 0.25) is 0 Å². The molecule has 0 radical (unpaired) electrons. The summed E-state index contributed by atoms with van der Waals surface area (Å²) in [7, 11) is 0. The fourth-order valence-electron chi connectivity index (χ4n) is 2.52. The lowest BCUT2D eigenvalue weighted by Crippen LogP contribution is -2.54. The van der Waals surface area contributed by atoms with Crippen LogP contribution >= 0.6 is 0 Å². The number of Topliss-reactive ketones (excluding diaryl/α,β-unsaturated/α-hetero) is 1. The van der Waals surface area contributed by atoms with Gasteiger partial charge in [-0.3, -0.25) is 19.3 Å². The van der Waals surface area contributed by atoms with Gasteiger partial charge in [0.1, 0.15) is 0 Å². The number of carbonyl (C=O) groups is 4. The first-order valence-electron chi connectivity index (χ1n) is 8.12. The Morgan fingerprint density at radius 2 is 1.67 bits per heavy atom. The van der Waals surface area contributed by atoms with Crippen LogP contribution in [0.25, 0.3) is 0 Å². The standard InChI is InChI=1S/C16H25N3O5/c17-10-4-3-9-16(18,15(23)24)12(20)6-2-1-5-11-19-13(21)7-8-14(19)22/h7-8H,1-6,9-11,17-18H2,(H,23,24)/t16-/m1/s1. The molecule has 0 spiro atoms. The van der Waals surface area contributed by atoms with Crippen LogP contribution in [0.4, 0.5) is 0 Å². The zero-order valence-electron chi connectivity index (χ0n) is 13.7. The van der Waals surface area contributed by atoms with Gasteiger partial charge in [0.25, 0.3) is 11.8 Å². The van der Waals surface area contributed by atoms with Crippen LogP contribution in [0.5, 0.6) is 0 Å². The minimum Gasteiger partial charge on any atom is -0.480 e. The number of unbranched alkanes of at least 4 members (excludes halogenated alkanes) is 3. The Bertz CT molecular complexity index is 514. The van der Waals surface area contributed by atoms with E-state index in [1.807, 2.05) is 0 Å². The molecule has 0 saturated carbocycles. The number of imide groups is 1. The fraction of sp³-hybridized carbons (Fsp3) is 0.625. The van der Waals surface area contributed by atoms with Gasteiger partial charge in [-0.15, -0.1) is 0 Å². The predicted octanol–water partition coefficient (Wildman–Crippen LogP) is -0.0480. The molecule has 0 aliphatic carbocycles. The van der Waals surface area contributed by atoms with E-state index in [-0.39, 0.29) is 24.7 Å². The Labute approximate surface area is 140 Å². The van der Waals surface area contributed by atoms with Crippen LogP contribution in [-0.4, -0.2) is 52.2 Å². The maximum absolute atomic E-state index is 12.2. The van der Waals surface area contributed by atoms with Gasteiger partial charge in [0, 0.05) is 25.1 Å². The van der Waals surface area contributed by atoms with Gasteiger partial charge in [-0.1, -0.05) is 6.42 Å². The summed E-state index contributed by atoms with van der Waals surface area (Å²) in [5.74, 6) is -2.48. The second-order valence-corrected chi connectivity index (χ2v) is 5.92. The summed E-state index contributed by atoms with van der Waals surface area (Å²) in [6, 6.07) is 0. The first-order chi connectivity index (χ1) is 11.3. The van der Waals surface area contributed by atoms with Crippen molar-refractivity contribution in [3.8, 4) is 0 Å². The Kier molecular flexibility index (Phi) is 7.73. The molecule has 1 aliphatic heterocycles. The molecular weight excluding hydrogens is 314 g/mol. The van der Waals surface area contributed by atoms with Crippen molar-refractivity contribution in [2.24, 2.45) is 11.5 Å². The highest BCUT2D eigenvalue weighted by Crippen LogP contribution is 2.17.